The highest BCUT2D eigenvalue weighted by Gasteiger charge is 2.16. The standard InChI is InChI=1S/C9H12N2O2/c10-9-5-7(1-3-11-9)13-8-2-4-12-6-8/h1,3,5,8H,2,4,6H2,(H2,10,11)/t8-/m0/s1. The molecule has 0 amide bonds. The molecule has 0 unspecified atom stereocenters. The number of aromatic nitrogens is 1. The fourth-order valence-corrected chi connectivity index (χ4v) is 1.30. The van der Waals surface area contributed by atoms with Crippen LogP contribution in [0.5, 0.6) is 5.75 Å². The number of nitrogen functional groups attached to an aromatic ring is 1. The predicted molar refractivity (Wildman–Crippen MR) is 48.5 cm³/mol. The molecule has 2 N–H and O–H groups in total. The van der Waals surface area contributed by atoms with E-state index in [9.17, 15) is 0 Å². The zero-order valence-corrected chi connectivity index (χ0v) is 7.27. The number of anilines is 1. The van der Waals surface area contributed by atoms with E-state index in [2.05, 4.69) is 4.98 Å². The van der Waals surface area contributed by atoms with Crippen LogP contribution in [0.3, 0.4) is 0 Å². The van der Waals surface area contributed by atoms with E-state index >= 15 is 0 Å². The quantitative estimate of drug-likeness (QED) is 0.732. The lowest BCUT2D eigenvalue weighted by Crippen LogP contribution is -2.15. The summed E-state index contributed by atoms with van der Waals surface area (Å²) < 4.78 is 10.8. The number of nitrogens with zero attached hydrogens (tertiary/aromatic N) is 1. The Morgan fingerprint density at radius 2 is 2.54 bits per heavy atom. The van der Waals surface area contributed by atoms with Gasteiger partial charge in [-0.3, -0.25) is 0 Å². The van der Waals surface area contributed by atoms with Crippen LogP contribution in [0.2, 0.25) is 0 Å². The van der Waals surface area contributed by atoms with Crippen molar-refractivity contribution in [3.05, 3.63) is 18.3 Å². The summed E-state index contributed by atoms with van der Waals surface area (Å²) in [5.41, 5.74) is 5.51. The first kappa shape index (κ1) is 8.31. The molecule has 70 valence electrons. The Hall–Kier alpha value is -1.29. The van der Waals surface area contributed by atoms with Crippen LogP contribution >= 0.6 is 0 Å². The Balaban J connectivity index is 2.00. The van der Waals surface area contributed by atoms with Crippen LogP contribution in [-0.4, -0.2) is 24.3 Å². The lowest BCUT2D eigenvalue weighted by molar-refractivity contribution is 0.141. The molecule has 4 heteroatoms. The maximum Gasteiger partial charge on any atom is 0.126 e. The number of hydrogen-bond donors (Lipinski definition) is 1. The molecule has 0 aliphatic carbocycles. The van der Waals surface area contributed by atoms with Crippen molar-refractivity contribution in [3.8, 4) is 5.75 Å². The van der Waals surface area contributed by atoms with Crippen molar-refractivity contribution < 1.29 is 9.47 Å². The van der Waals surface area contributed by atoms with E-state index in [1.54, 1.807) is 18.3 Å². The van der Waals surface area contributed by atoms with Gasteiger partial charge in [0.25, 0.3) is 0 Å². The molecular formula is C9H12N2O2. The summed E-state index contributed by atoms with van der Waals surface area (Å²) in [4.78, 5) is 3.88. The molecule has 13 heavy (non-hydrogen) atoms. The van der Waals surface area contributed by atoms with Gasteiger partial charge in [0.15, 0.2) is 0 Å². The van der Waals surface area contributed by atoms with Crippen molar-refractivity contribution in [2.45, 2.75) is 12.5 Å². The molecule has 1 saturated heterocycles. The average molecular weight is 180 g/mol. The number of hydrogen-bond acceptors (Lipinski definition) is 4. The maximum absolute atomic E-state index is 5.61. The molecule has 1 aromatic heterocycles. The van der Waals surface area contributed by atoms with Gasteiger partial charge < -0.3 is 15.2 Å². The molecule has 0 spiro atoms. The van der Waals surface area contributed by atoms with Crippen molar-refractivity contribution in [2.75, 3.05) is 18.9 Å². The SMILES string of the molecule is Nc1cc(O[C@H]2CCOC2)ccn1. The van der Waals surface area contributed by atoms with Gasteiger partial charge in [0.1, 0.15) is 17.7 Å². The molecule has 1 fully saturated rings. The number of ether oxygens (including phenoxy) is 2. The van der Waals surface area contributed by atoms with Crippen LogP contribution in [0.15, 0.2) is 18.3 Å². The first-order chi connectivity index (χ1) is 6.34. The maximum atomic E-state index is 5.61. The lowest BCUT2D eigenvalue weighted by atomic mass is 10.3. The third kappa shape index (κ3) is 2.09. The highest BCUT2D eigenvalue weighted by Crippen LogP contribution is 2.17. The third-order valence-corrected chi connectivity index (χ3v) is 1.94. The van der Waals surface area contributed by atoms with E-state index in [0.717, 1.165) is 18.8 Å². The topological polar surface area (TPSA) is 57.4 Å². The second-order valence-corrected chi connectivity index (χ2v) is 3.02. The molecule has 4 nitrogen and oxygen atoms in total. The molecule has 1 aliphatic rings. The second-order valence-electron chi connectivity index (χ2n) is 3.02. The molecule has 1 aromatic rings. The van der Waals surface area contributed by atoms with Gasteiger partial charge in [0.05, 0.1) is 13.2 Å². The summed E-state index contributed by atoms with van der Waals surface area (Å²) in [6.45, 7) is 1.45. The van der Waals surface area contributed by atoms with Crippen LogP contribution in [0.4, 0.5) is 5.82 Å². The fourth-order valence-electron chi connectivity index (χ4n) is 1.30. The number of pyridine rings is 1. The smallest absolute Gasteiger partial charge is 0.126 e. The summed E-state index contributed by atoms with van der Waals surface area (Å²) in [7, 11) is 0. The third-order valence-electron chi connectivity index (χ3n) is 1.94. The van der Waals surface area contributed by atoms with Crippen molar-refractivity contribution >= 4 is 5.82 Å². The van der Waals surface area contributed by atoms with Gasteiger partial charge in [0, 0.05) is 18.7 Å². The lowest BCUT2D eigenvalue weighted by Gasteiger charge is -2.11. The highest BCUT2D eigenvalue weighted by molar-refractivity contribution is 5.35. The minimum atomic E-state index is 0.168. The molecule has 1 atom stereocenters. The molecule has 0 radical (unpaired) electrons. The van der Waals surface area contributed by atoms with E-state index in [1.165, 1.54) is 0 Å². The zero-order valence-electron chi connectivity index (χ0n) is 7.27. The van der Waals surface area contributed by atoms with Crippen LogP contribution in [0.1, 0.15) is 6.42 Å². The average Bonchev–Trinajstić information content (AvgIpc) is 2.57. The summed E-state index contributed by atoms with van der Waals surface area (Å²) in [5, 5.41) is 0. The van der Waals surface area contributed by atoms with Gasteiger partial charge in [-0.2, -0.15) is 0 Å². The predicted octanol–water partition coefficient (Wildman–Crippen LogP) is 0.831. The Labute approximate surface area is 76.7 Å². The molecule has 0 aromatic carbocycles. The molecule has 2 rings (SSSR count). The Morgan fingerprint density at radius 3 is 3.23 bits per heavy atom. The van der Waals surface area contributed by atoms with E-state index in [1.807, 2.05) is 0 Å². The first-order valence-electron chi connectivity index (χ1n) is 4.30. The van der Waals surface area contributed by atoms with Crippen LogP contribution in [0.25, 0.3) is 0 Å². The summed E-state index contributed by atoms with van der Waals surface area (Å²) >= 11 is 0. The van der Waals surface area contributed by atoms with Crippen molar-refractivity contribution in [2.24, 2.45) is 0 Å². The van der Waals surface area contributed by atoms with Gasteiger partial charge in [-0.1, -0.05) is 0 Å². The van der Waals surface area contributed by atoms with Crippen LogP contribution in [-0.2, 0) is 4.74 Å². The second kappa shape index (κ2) is 3.62. The number of rotatable bonds is 2. The molecule has 2 heterocycles. The summed E-state index contributed by atoms with van der Waals surface area (Å²) in [6, 6.07) is 3.52. The van der Waals surface area contributed by atoms with Gasteiger partial charge in [-0.05, 0) is 6.07 Å². The van der Waals surface area contributed by atoms with Crippen molar-refractivity contribution in [3.63, 3.8) is 0 Å². The molecular weight excluding hydrogens is 168 g/mol. The molecule has 1 aliphatic heterocycles. The molecule has 0 saturated carbocycles. The van der Waals surface area contributed by atoms with Gasteiger partial charge in [-0.15, -0.1) is 0 Å². The normalized spacial score (nSPS) is 21.7. The highest BCUT2D eigenvalue weighted by atomic mass is 16.5. The van der Waals surface area contributed by atoms with Crippen LogP contribution in [0, 0.1) is 0 Å². The minimum Gasteiger partial charge on any atom is -0.488 e. The van der Waals surface area contributed by atoms with E-state index in [0.29, 0.717) is 12.4 Å². The summed E-state index contributed by atoms with van der Waals surface area (Å²) in [6.07, 6.45) is 2.75. The molecule has 0 bridgehead atoms. The Bertz CT molecular complexity index is 285. The van der Waals surface area contributed by atoms with E-state index in [4.69, 9.17) is 15.2 Å². The van der Waals surface area contributed by atoms with Gasteiger partial charge in [0.2, 0.25) is 0 Å². The van der Waals surface area contributed by atoms with E-state index < -0.39 is 0 Å². The summed E-state index contributed by atoms with van der Waals surface area (Å²) in [5.74, 6) is 1.25. The number of nitrogens with two attached hydrogens (primary N) is 1. The zero-order chi connectivity index (χ0) is 9.10. The Kier molecular flexibility index (Phi) is 2.31. The van der Waals surface area contributed by atoms with Crippen LogP contribution < -0.4 is 10.5 Å². The largest absolute Gasteiger partial charge is 0.488 e. The minimum absolute atomic E-state index is 0.168. The van der Waals surface area contributed by atoms with Gasteiger partial charge >= 0.3 is 0 Å². The van der Waals surface area contributed by atoms with Gasteiger partial charge in [-0.25, -0.2) is 4.98 Å². The van der Waals surface area contributed by atoms with E-state index in [-0.39, 0.29) is 6.10 Å². The fraction of sp³-hybridized carbons (Fsp3) is 0.444. The first-order valence-corrected chi connectivity index (χ1v) is 4.30. The van der Waals surface area contributed by atoms with Crippen molar-refractivity contribution in [1.82, 2.24) is 4.98 Å². The van der Waals surface area contributed by atoms with Crippen molar-refractivity contribution in [1.29, 1.82) is 0 Å². The Morgan fingerprint density at radius 1 is 1.62 bits per heavy atom. The monoisotopic (exact) mass is 180 g/mol.